The van der Waals surface area contributed by atoms with E-state index in [1.54, 1.807) is 0 Å². The zero-order valence-electron chi connectivity index (χ0n) is 32.3. The Labute approximate surface area is 344 Å². The molecule has 0 saturated carbocycles. The second-order valence-electron chi connectivity index (χ2n) is 11.3. The molecule has 0 bridgehead atoms. The van der Waals surface area contributed by atoms with Gasteiger partial charge in [-0.3, -0.25) is 19.2 Å². The molecule has 0 saturated heterocycles. The SMILES string of the molecule is CC(=O)ON(CCN(OC(C)=O)OC(C)=O)OC(C)=O.CCCCCCCCCCCC(=O)[O-].CCCCCCCCCCCC(=O)[O-].[Na+].[Na+]. The van der Waals surface area contributed by atoms with Gasteiger partial charge in [0.25, 0.3) is 0 Å². The van der Waals surface area contributed by atoms with E-state index in [1.807, 2.05) is 0 Å². The third-order valence-electron chi connectivity index (χ3n) is 6.36. The van der Waals surface area contributed by atoms with Crippen LogP contribution in [0.15, 0.2) is 0 Å². The molecule has 0 rings (SSSR count). The number of unbranched alkanes of at least 4 members (excludes halogenated alkanes) is 16. The summed E-state index contributed by atoms with van der Waals surface area (Å²) in [4.78, 5) is 81.6. The molecule has 0 radical (unpaired) electrons. The summed E-state index contributed by atoms with van der Waals surface area (Å²) in [5, 5.41) is 21.3. The predicted molar refractivity (Wildman–Crippen MR) is 174 cm³/mol. The van der Waals surface area contributed by atoms with Crippen molar-refractivity contribution >= 4 is 35.8 Å². The van der Waals surface area contributed by atoms with Gasteiger partial charge in [-0.15, -0.1) is 0 Å². The Bertz CT molecular complexity index is 766. The average molecular weight is 737 g/mol. The van der Waals surface area contributed by atoms with Gasteiger partial charge < -0.3 is 39.2 Å². The first-order valence-corrected chi connectivity index (χ1v) is 17.4. The van der Waals surface area contributed by atoms with Crippen LogP contribution in [0.3, 0.4) is 0 Å². The summed E-state index contributed by atoms with van der Waals surface area (Å²) >= 11 is 0. The van der Waals surface area contributed by atoms with Crippen LogP contribution in [0.1, 0.15) is 170 Å². The second kappa shape index (κ2) is 43.9. The molecule has 50 heavy (non-hydrogen) atoms. The van der Waals surface area contributed by atoms with Gasteiger partial charge in [-0.2, -0.15) is 0 Å². The molecule has 0 aromatic heterocycles. The molecule has 14 nitrogen and oxygen atoms in total. The van der Waals surface area contributed by atoms with Gasteiger partial charge in [0, 0.05) is 50.1 Å². The Balaban J connectivity index is -0.000000203. The van der Waals surface area contributed by atoms with Crippen molar-refractivity contribution in [3.05, 3.63) is 0 Å². The van der Waals surface area contributed by atoms with Crippen molar-refractivity contribution in [2.75, 3.05) is 13.1 Å². The number of hydroxylamine groups is 4. The molecule has 0 aromatic rings. The van der Waals surface area contributed by atoms with Gasteiger partial charge in [0.2, 0.25) is 0 Å². The standard InChI is InChI=1S/2C12H24O2.C10H16N2O8.2Na/c2*1-2-3-4-5-6-7-8-9-10-11-12(13)14;1-7(13)17-11(18-8(2)14)5-6-12(19-9(3)15)20-10(4)16;;/h2*2-11H2,1H3,(H,13,14);5-6H2,1-4H3;;/q;;;2*+1/p-2. The van der Waals surface area contributed by atoms with Crippen LogP contribution in [0, 0.1) is 0 Å². The number of carboxylic acids is 2. The zero-order valence-corrected chi connectivity index (χ0v) is 36.3. The first-order valence-electron chi connectivity index (χ1n) is 17.4. The minimum absolute atomic E-state index is 0. The van der Waals surface area contributed by atoms with Crippen LogP contribution in [-0.2, 0) is 48.1 Å². The van der Waals surface area contributed by atoms with Crippen molar-refractivity contribution in [2.24, 2.45) is 0 Å². The molecule has 0 heterocycles. The fourth-order valence-electron chi connectivity index (χ4n) is 4.12. The molecule has 0 amide bonds. The molecular weight excluding hydrogens is 674 g/mol. The van der Waals surface area contributed by atoms with Crippen LogP contribution in [0.25, 0.3) is 0 Å². The second-order valence-corrected chi connectivity index (χ2v) is 11.3. The maximum Gasteiger partial charge on any atom is 1.00 e. The van der Waals surface area contributed by atoms with E-state index < -0.39 is 35.8 Å². The number of carbonyl (C=O) groups excluding carboxylic acids is 6. The minimum Gasteiger partial charge on any atom is -0.550 e. The van der Waals surface area contributed by atoms with E-state index in [0.717, 1.165) is 53.4 Å². The van der Waals surface area contributed by atoms with Crippen LogP contribution >= 0.6 is 0 Å². The number of hydrogen-bond donors (Lipinski definition) is 0. The molecule has 0 fully saturated rings. The maximum absolute atomic E-state index is 10.8. The van der Waals surface area contributed by atoms with Crippen LogP contribution in [0.4, 0.5) is 0 Å². The molecule has 0 aliphatic heterocycles. The molecule has 16 heteroatoms. The van der Waals surface area contributed by atoms with Gasteiger partial charge in [0.15, 0.2) is 0 Å². The molecule has 0 N–H and O–H groups in total. The summed E-state index contributed by atoms with van der Waals surface area (Å²) in [5.41, 5.74) is 0. The van der Waals surface area contributed by atoms with Crippen LogP contribution in [0.2, 0.25) is 0 Å². The van der Waals surface area contributed by atoms with E-state index in [9.17, 15) is 39.0 Å². The van der Waals surface area contributed by atoms with Crippen LogP contribution < -0.4 is 69.3 Å². The van der Waals surface area contributed by atoms with Gasteiger partial charge in [-0.1, -0.05) is 117 Å². The third-order valence-corrected chi connectivity index (χ3v) is 6.36. The van der Waals surface area contributed by atoms with Crippen molar-refractivity contribution in [1.82, 2.24) is 10.5 Å². The Kier molecular flexibility index (Phi) is 51.0. The largest absolute Gasteiger partial charge is 1.00 e. The number of carbonyl (C=O) groups is 6. The average Bonchev–Trinajstić information content (AvgIpc) is 2.97. The molecule has 0 spiro atoms. The van der Waals surface area contributed by atoms with Gasteiger partial charge >= 0.3 is 83.0 Å². The van der Waals surface area contributed by atoms with Crippen molar-refractivity contribution < 1.29 is 117 Å². The zero-order chi connectivity index (χ0) is 37.0. The van der Waals surface area contributed by atoms with Gasteiger partial charge in [-0.05, 0) is 25.7 Å². The monoisotopic (exact) mass is 736 g/mol. The van der Waals surface area contributed by atoms with Crippen molar-refractivity contribution in [2.45, 2.75) is 170 Å². The topological polar surface area (TPSA) is 192 Å². The molecule has 0 aliphatic carbocycles. The van der Waals surface area contributed by atoms with Crippen LogP contribution in [-0.4, -0.2) is 59.4 Å². The first kappa shape index (κ1) is 58.1. The first-order chi connectivity index (χ1) is 22.7. The predicted octanol–water partition coefficient (Wildman–Crippen LogP) is -1.17. The Morgan fingerprint density at radius 2 is 0.600 bits per heavy atom. The van der Waals surface area contributed by atoms with E-state index in [1.165, 1.54) is 89.9 Å². The Hall–Kier alpha value is -1.26. The molecular formula is C34H62N2Na2O12. The molecule has 0 unspecified atom stereocenters. The summed E-state index contributed by atoms with van der Waals surface area (Å²) in [7, 11) is 0. The van der Waals surface area contributed by atoms with E-state index >= 15 is 0 Å². The number of rotatable bonds is 27. The van der Waals surface area contributed by atoms with Gasteiger partial charge in [0.05, 0.1) is 13.1 Å². The fraction of sp³-hybridized carbons (Fsp3) is 0.824. The molecule has 0 atom stereocenters. The normalized spacial score (nSPS) is 9.84. The Morgan fingerprint density at radius 3 is 0.780 bits per heavy atom. The number of carboxylic acid groups (broad SMARTS) is 2. The van der Waals surface area contributed by atoms with E-state index in [0.29, 0.717) is 10.5 Å². The van der Waals surface area contributed by atoms with Crippen molar-refractivity contribution in [3.8, 4) is 0 Å². The van der Waals surface area contributed by atoms with Crippen LogP contribution in [0.5, 0.6) is 0 Å². The number of nitrogens with zero attached hydrogens (tertiary/aromatic N) is 2. The molecule has 0 aromatic carbocycles. The maximum atomic E-state index is 10.8. The smallest absolute Gasteiger partial charge is 0.550 e. The minimum atomic E-state index is -0.909. The number of hydrogen-bond acceptors (Lipinski definition) is 14. The fourth-order valence-corrected chi connectivity index (χ4v) is 4.12. The van der Waals surface area contributed by atoms with E-state index in [2.05, 4.69) is 33.2 Å². The summed E-state index contributed by atoms with van der Waals surface area (Å²) in [6.07, 6.45) is 22.3. The van der Waals surface area contributed by atoms with Gasteiger partial charge in [-0.25, -0.2) is 0 Å². The summed E-state index contributed by atoms with van der Waals surface area (Å²) < 4.78 is 0. The quantitative estimate of drug-likeness (QED) is 0.0557. The van der Waals surface area contributed by atoms with Crippen molar-refractivity contribution in [3.63, 3.8) is 0 Å². The summed E-state index contributed by atoms with van der Waals surface area (Å²) in [6.45, 7) is 8.41. The Morgan fingerprint density at radius 1 is 0.400 bits per heavy atom. The van der Waals surface area contributed by atoms with Crippen molar-refractivity contribution in [1.29, 1.82) is 0 Å². The number of aliphatic carboxylic acids is 2. The summed E-state index contributed by atoms with van der Waals surface area (Å²) in [6, 6.07) is 0. The van der Waals surface area contributed by atoms with Gasteiger partial charge in [0.1, 0.15) is 0 Å². The van der Waals surface area contributed by atoms with E-state index in [4.69, 9.17) is 0 Å². The third kappa shape index (κ3) is 56.1. The van der Waals surface area contributed by atoms with E-state index in [-0.39, 0.29) is 85.0 Å². The molecule has 282 valence electrons. The molecule has 0 aliphatic rings. The summed E-state index contributed by atoms with van der Waals surface area (Å²) in [5.74, 6) is -4.72.